The van der Waals surface area contributed by atoms with Crippen LogP contribution in [0, 0.1) is 6.92 Å². The predicted molar refractivity (Wildman–Crippen MR) is 92.0 cm³/mol. The summed E-state index contributed by atoms with van der Waals surface area (Å²) >= 11 is 0. The van der Waals surface area contributed by atoms with Gasteiger partial charge >= 0.3 is 6.03 Å². The largest absolute Gasteiger partial charge is 0.347 e. The minimum absolute atomic E-state index is 0.204. The molecular formula is C19H19N3O. The second-order valence-corrected chi connectivity index (χ2v) is 6.14. The molecule has 4 heteroatoms. The minimum Gasteiger partial charge on any atom is -0.306 e. The number of hydrogen-bond donors (Lipinski definition) is 1. The fourth-order valence-corrected chi connectivity index (χ4v) is 3.42. The van der Waals surface area contributed by atoms with Crippen LogP contribution in [0.4, 0.5) is 10.5 Å². The molecule has 0 spiro atoms. The Balaban J connectivity index is 1.69. The molecule has 0 unspecified atom stereocenters. The van der Waals surface area contributed by atoms with Gasteiger partial charge in [-0.3, -0.25) is 0 Å². The number of nitrogens with one attached hydrogen (secondary N) is 1. The molecule has 1 heterocycles. The molecule has 2 aromatic carbocycles. The standard InChI is InChI=1S/C19H19N3O/c1-13-6-4-11-18-16(13)12-20-22(18)19(23)21-17-10-5-8-14-7-2-3-9-15(14)17/h4-6,8,10-12H,2-3,7,9H2,1H3,(H,21,23). The van der Waals surface area contributed by atoms with Crippen LogP contribution in [0.15, 0.2) is 42.6 Å². The zero-order valence-corrected chi connectivity index (χ0v) is 13.2. The Morgan fingerprint density at radius 2 is 1.96 bits per heavy atom. The maximum atomic E-state index is 12.7. The quantitative estimate of drug-likeness (QED) is 0.728. The zero-order chi connectivity index (χ0) is 15.8. The first-order chi connectivity index (χ1) is 11.2. The lowest BCUT2D eigenvalue weighted by Gasteiger charge is -2.19. The van der Waals surface area contributed by atoms with Crippen molar-refractivity contribution in [3.05, 3.63) is 59.3 Å². The highest BCUT2D eigenvalue weighted by Gasteiger charge is 2.16. The Morgan fingerprint density at radius 3 is 2.87 bits per heavy atom. The van der Waals surface area contributed by atoms with Crippen molar-refractivity contribution in [1.82, 2.24) is 9.78 Å². The van der Waals surface area contributed by atoms with Crippen molar-refractivity contribution in [2.75, 3.05) is 5.32 Å². The van der Waals surface area contributed by atoms with E-state index in [0.29, 0.717) is 0 Å². The number of amides is 1. The van der Waals surface area contributed by atoms with Gasteiger partial charge < -0.3 is 5.32 Å². The molecule has 0 aliphatic heterocycles. The maximum Gasteiger partial charge on any atom is 0.347 e. The molecule has 1 aliphatic carbocycles. The number of aromatic nitrogens is 2. The third-order valence-electron chi connectivity index (χ3n) is 4.66. The van der Waals surface area contributed by atoms with Crippen molar-refractivity contribution < 1.29 is 4.79 Å². The van der Waals surface area contributed by atoms with Gasteiger partial charge in [-0.15, -0.1) is 0 Å². The molecule has 1 amide bonds. The third kappa shape index (κ3) is 2.40. The number of fused-ring (bicyclic) bond motifs is 2. The summed E-state index contributed by atoms with van der Waals surface area (Å²) in [4.78, 5) is 12.7. The van der Waals surface area contributed by atoms with Gasteiger partial charge in [0.05, 0.1) is 11.7 Å². The molecule has 0 atom stereocenters. The first kappa shape index (κ1) is 14.0. The van der Waals surface area contributed by atoms with E-state index in [0.717, 1.165) is 35.0 Å². The summed E-state index contributed by atoms with van der Waals surface area (Å²) in [5.74, 6) is 0. The second-order valence-electron chi connectivity index (χ2n) is 6.14. The molecule has 1 aromatic heterocycles. The van der Waals surface area contributed by atoms with Crippen LogP contribution in [0.3, 0.4) is 0 Å². The monoisotopic (exact) mass is 305 g/mol. The Labute approximate surface area is 135 Å². The van der Waals surface area contributed by atoms with Crippen molar-refractivity contribution in [2.24, 2.45) is 0 Å². The molecule has 23 heavy (non-hydrogen) atoms. The lowest BCUT2D eigenvalue weighted by Crippen LogP contribution is -2.22. The minimum atomic E-state index is -0.204. The van der Waals surface area contributed by atoms with Crippen LogP contribution in [-0.4, -0.2) is 15.8 Å². The fourth-order valence-electron chi connectivity index (χ4n) is 3.42. The molecule has 0 bridgehead atoms. The number of anilines is 1. The number of carbonyl (C=O) groups is 1. The molecule has 0 saturated carbocycles. The van der Waals surface area contributed by atoms with Gasteiger partial charge in [0.1, 0.15) is 0 Å². The molecule has 0 saturated heterocycles. The van der Waals surface area contributed by atoms with Crippen LogP contribution >= 0.6 is 0 Å². The SMILES string of the molecule is Cc1cccc2c1cnn2C(=O)Nc1cccc2c1CCCC2. The Bertz CT molecular complexity index is 895. The average molecular weight is 305 g/mol. The maximum absolute atomic E-state index is 12.7. The van der Waals surface area contributed by atoms with Crippen molar-refractivity contribution in [2.45, 2.75) is 32.6 Å². The lowest BCUT2D eigenvalue weighted by molar-refractivity contribution is 0.252. The van der Waals surface area contributed by atoms with E-state index in [9.17, 15) is 4.79 Å². The first-order valence-corrected chi connectivity index (χ1v) is 8.09. The smallest absolute Gasteiger partial charge is 0.306 e. The summed E-state index contributed by atoms with van der Waals surface area (Å²) < 4.78 is 1.45. The predicted octanol–water partition coefficient (Wildman–Crippen LogP) is 4.30. The molecule has 4 rings (SSSR count). The molecule has 3 aromatic rings. The van der Waals surface area contributed by atoms with Gasteiger partial charge in [0.2, 0.25) is 0 Å². The number of rotatable bonds is 1. The fraction of sp³-hybridized carbons (Fsp3) is 0.263. The van der Waals surface area contributed by atoms with E-state index in [1.807, 2.05) is 37.3 Å². The normalized spacial score (nSPS) is 13.8. The van der Waals surface area contributed by atoms with Crippen LogP contribution in [0.25, 0.3) is 10.9 Å². The summed E-state index contributed by atoms with van der Waals surface area (Å²) in [6, 6.07) is 11.9. The molecular weight excluding hydrogens is 286 g/mol. The van der Waals surface area contributed by atoms with Gasteiger partial charge in [0, 0.05) is 11.1 Å². The number of aryl methyl sites for hydroxylation is 2. The highest BCUT2D eigenvalue weighted by atomic mass is 16.2. The van der Waals surface area contributed by atoms with E-state index < -0.39 is 0 Å². The Hall–Kier alpha value is -2.62. The van der Waals surface area contributed by atoms with E-state index in [2.05, 4.69) is 16.5 Å². The van der Waals surface area contributed by atoms with E-state index in [1.54, 1.807) is 6.20 Å². The highest BCUT2D eigenvalue weighted by Crippen LogP contribution is 2.28. The third-order valence-corrected chi connectivity index (χ3v) is 4.66. The summed E-state index contributed by atoms with van der Waals surface area (Å²) in [5.41, 5.74) is 5.52. The number of benzene rings is 2. The van der Waals surface area contributed by atoms with E-state index in [1.165, 1.54) is 28.7 Å². The van der Waals surface area contributed by atoms with Gasteiger partial charge in [0.15, 0.2) is 0 Å². The average Bonchev–Trinajstić information content (AvgIpc) is 3.01. The summed E-state index contributed by atoms with van der Waals surface area (Å²) in [6.07, 6.45) is 6.30. The van der Waals surface area contributed by atoms with Crippen molar-refractivity contribution in [3.8, 4) is 0 Å². The van der Waals surface area contributed by atoms with Gasteiger partial charge in [-0.1, -0.05) is 24.3 Å². The van der Waals surface area contributed by atoms with Crippen LogP contribution < -0.4 is 5.32 Å². The van der Waals surface area contributed by atoms with Crippen LogP contribution in [0.1, 0.15) is 29.5 Å². The highest BCUT2D eigenvalue weighted by molar-refractivity contribution is 5.98. The number of hydrogen-bond acceptors (Lipinski definition) is 2. The van der Waals surface area contributed by atoms with E-state index in [-0.39, 0.29) is 6.03 Å². The van der Waals surface area contributed by atoms with Gasteiger partial charge in [-0.05, 0) is 61.4 Å². The molecule has 4 nitrogen and oxygen atoms in total. The van der Waals surface area contributed by atoms with Crippen molar-refractivity contribution in [1.29, 1.82) is 0 Å². The van der Waals surface area contributed by atoms with Crippen molar-refractivity contribution in [3.63, 3.8) is 0 Å². The zero-order valence-electron chi connectivity index (χ0n) is 13.2. The molecule has 0 fully saturated rings. The Kier molecular flexibility index (Phi) is 3.37. The Morgan fingerprint density at radius 1 is 1.13 bits per heavy atom. The van der Waals surface area contributed by atoms with Gasteiger partial charge in [0.25, 0.3) is 0 Å². The van der Waals surface area contributed by atoms with E-state index >= 15 is 0 Å². The van der Waals surface area contributed by atoms with Crippen LogP contribution in [0.2, 0.25) is 0 Å². The topological polar surface area (TPSA) is 46.9 Å². The molecule has 1 aliphatic rings. The van der Waals surface area contributed by atoms with Gasteiger partial charge in [-0.25, -0.2) is 4.79 Å². The summed E-state index contributed by atoms with van der Waals surface area (Å²) in [7, 11) is 0. The molecule has 116 valence electrons. The first-order valence-electron chi connectivity index (χ1n) is 8.09. The number of nitrogens with zero attached hydrogens (tertiary/aromatic N) is 2. The second kappa shape index (κ2) is 5.54. The van der Waals surface area contributed by atoms with Crippen LogP contribution in [-0.2, 0) is 12.8 Å². The van der Waals surface area contributed by atoms with Crippen molar-refractivity contribution >= 4 is 22.6 Å². The van der Waals surface area contributed by atoms with Crippen LogP contribution in [0.5, 0.6) is 0 Å². The van der Waals surface area contributed by atoms with E-state index in [4.69, 9.17) is 0 Å². The van der Waals surface area contributed by atoms with Gasteiger partial charge in [-0.2, -0.15) is 9.78 Å². The molecule has 1 N–H and O–H groups in total. The molecule has 0 radical (unpaired) electrons. The lowest BCUT2D eigenvalue weighted by atomic mass is 9.90. The number of carbonyl (C=O) groups excluding carboxylic acids is 1. The summed E-state index contributed by atoms with van der Waals surface area (Å²) in [5, 5.41) is 8.33. The summed E-state index contributed by atoms with van der Waals surface area (Å²) in [6.45, 7) is 2.03.